The molecule has 0 radical (unpaired) electrons. The van der Waals surface area contributed by atoms with Crippen LogP contribution in [0.15, 0.2) is 132 Å². The van der Waals surface area contributed by atoms with Gasteiger partial charge in [0.15, 0.2) is 0 Å². The van der Waals surface area contributed by atoms with Crippen molar-refractivity contribution in [3.05, 3.63) is 156 Å². The van der Waals surface area contributed by atoms with Gasteiger partial charge in [0.05, 0.1) is 46.5 Å². The lowest BCUT2D eigenvalue weighted by Gasteiger charge is -2.43. The first-order chi connectivity index (χ1) is 31.0. The fraction of sp³-hybridized carbons (Fsp3) is 0.415. The number of furan rings is 1. The van der Waals surface area contributed by atoms with E-state index < -0.39 is 43.7 Å². The van der Waals surface area contributed by atoms with E-state index in [0.717, 1.165) is 16.7 Å². The molecule has 4 atom stereocenters. The minimum atomic E-state index is -2.76. The first-order valence-corrected chi connectivity index (χ1v) is 24.5. The molecule has 1 saturated heterocycles. The number of fused-ring (bicyclic) bond motifs is 3. The lowest BCUT2D eigenvalue weighted by molar-refractivity contribution is -0.157. The second-order valence-corrected chi connectivity index (χ2v) is 22.4. The van der Waals surface area contributed by atoms with Crippen LogP contribution >= 0.6 is 0 Å². The van der Waals surface area contributed by atoms with Crippen molar-refractivity contribution in [2.45, 2.75) is 102 Å². The zero-order chi connectivity index (χ0) is 45.2. The highest BCUT2D eigenvalue weighted by Crippen LogP contribution is 2.66. The molecule has 64 heavy (non-hydrogen) atoms. The summed E-state index contributed by atoms with van der Waals surface area (Å²) in [4.78, 5) is 44.2. The van der Waals surface area contributed by atoms with E-state index in [4.69, 9.17) is 27.8 Å². The van der Waals surface area contributed by atoms with E-state index in [1.807, 2.05) is 83.8 Å². The average molecular weight is 886 g/mol. The number of benzene rings is 4. The normalized spacial score (nSPS) is 19.3. The van der Waals surface area contributed by atoms with E-state index in [0.29, 0.717) is 63.6 Å². The number of rotatable bonds is 21. The van der Waals surface area contributed by atoms with Crippen LogP contribution < -0.4 is 10.4 Å². The van der Waals surface area contributed by atoms with Gasteiger partial charge in [-0.2, -0.15) is 0 Å². The van der Waals surface area contributed by atoms with Gasteiger partial charge >= 0.3 is 11.9 Å². The van der Waals surface area contributed by atoms with Crippen LogP contribution in [0.1, 0.15) is 99.5 Å². The number of nitrogens with zero attached hydrogens (tertiary/aromatic N) is 1. The third kappa shape index (κ3) is 9.83. The molecular formula is C53H63NO9Si. The van der Waals surface area contributed by atoms with Gasteiger partial charge in [0.2, 0.25) is 5.91 Å². The monoisotopic (exact) mass is 885 g/mol. The Morgan fingerprint density at radius 1 is 0.734 bits per heavy atom. The van der Waals surface area contributed by atoms with Crippen LogP contribution in [0.3, 0.4) is 0 Å². The molecule has 5 aromatic rings. The van der Waals surface area contributed by atoms with Gasteiger partial charge in [0.1, 0.15) is 23.0 Å². The molecule has 11 heteroatoms. The minimum absolute atomic E-state index is 0.0799. The van der Waals surface area contributed by atoms with Crippen LogP contribution in [0.25, 0.3) is 0 Å². The molecule has 0 bridgehead atoms. The van der Waals surface area contributed by atoms with Gasteiger partial charge in [-0.15, -0.1) is 0 Å². The fourth-order valence-corrected chi connectivity index (χ4v) is 14.8. The molecule has 1 fully saturated rings. The molecule has 338 valence electrons. The van der Waals surface area contributed by atoms with Crippen LogP contribution in [0.2, 0.25) is 5.04 Å². The highest BCUT2D eigenvalue weighted by molar-refractivity contribution is 6.99. The smallest absolute Gasteiger partial charge is 0.315 e. The summed E-state index contributed by atoms with van der Waals surface area (Å²) in [5.41, 5.74) is 1.53. The number of unbranched alkanes of at least 4 members (excludes halogenated alkanes) is 1. The average Bonchev–Trinajstić information content (AvgIpc) is 3.95. The second-order valence-electron chi connectivity index (χ2n) is 18.1. The van der Waals surface area contributed by atoms with E-state index in [-0.39, 0.29) is 36.8 Å². The van der Waals surface area contributed by atoms with Gasteiger partial charge < -0.3 is 32.7 Å². The number of hydrogen-bond acceptors (Lipinski definition) is 9. The Kier molecular flexibility index (Phi) is 15.4. The number of ether oxygens (including phenoxy) is 4. The number of carbonyl (C=O) groups excluding carboxylic acids is 3. The highest BCUT2D eigenvalue weighted by atomic mass is 28.4. The lowest BCUT2D eigenvalue weighted by atomic mass is 9.70. The molecule has 0 unspecified atom stereocenters. The van der Waals surface area contributed by atoms with Crippen molar-refractivity contribution in [3.8, 4) is 0 Å². The highest BCUT2D eigenvalue weighted by Gasteiger charge is 2.69. The summed E-state index contributed by atoms with van der Waals surface area (Å²) in [7, 11) is -0.0500. The quantitative estimate of drug-likeness (QED) is 0.0405. The number of esters is 2. The predicted molar refractivity (Wildman–Crippen MR) is 248 cm³/mol. The van der Waals surface area contributed by atoms with E-state index in [1.165, 1.54) is 24.6 Å². The number of methoxy groups -OCH3 is 2. The standard InChI is InChI=1S/C53H63NO9Si/c1-52(2,3)64(43-26-14-8-15-27-43,44-28-16-9-17-29-44)62-32-20-25-42-33-45-46(34-48(56)58-4)53(51(57)59-5)35-41(38-61-37-40-23-12-7-13-24-40)54(50(53)49(45)63-42)47(55)30-18-19-31-60-36-39-21-10-6-11-22-39/h6-17,21-24,26-29,33,41,46,50H,18-20,25,30-32,34-38H2,1-5H3/t41-,46+,50+,53+/m0/s1. The van der Waals surface area contributed by atoms with Crippen molar-refractivity contribution in [1.29, 1.82) is 0 Å². The maximum Gasteiger partial charge on any atom is 0.315 e. The Bertz CT molecular complexity index is 2240. The summed E-state index contributed by atoms with van der Waals surface area (Å²) in [6.45, 7) is 8.81. The van der Waals surface area contributed by atoms with Crippen molar-refractivity contribution >= 4 is 36.5 Å². The van der Waals surface area contributed by atoms with Gasteiger partial charge in [-0.25, -0.2) is 0 Å². The molecule has 0 N–H and O–H groups in total. The summed E-state index contributed by atoms with van der Waals surface area (Å²) < 4.78 is 37.1. The Morgan fingerprint density at radius 2 is 1.31 bits per heavy atom. The van der Waals surface area contributed by atoms with E-state index in [1.54, 1.807) is 0 Å². The van der Waals surface area contributed by atoms with Gasteiger partial charge in [0.25, 0.3) is 8.32 Å². The maximum atomic E-state index is 14.7. The number of likely N-dealkylation sites (tertiary alicyclic amines) is 1. The van der Waals surface area contributed by atoms with Gasteiger partial charge in [0, 0.05) is 37.5 Å². The van der Waals surface area contributed by atoms with E-state index >= 15 is 0 Å². The Morgan fingerprint density at radius 3 is 1.88 bits per heavy atom. The molecule has 1 aliphatic carbocycles. The summed E-state index contributed by atoms with van der Waals surface area (Å²) in [5.74, 6) is -0.495. The van der Waals surface area contributed by atoms with Crippen LogP contribution in [0.4, 0.5) is 0 Å². The van der Waals surface area contributed by atoms with Crippen LogP contribution in [0, 0.1) is 5.41 Å². The topological polar surface area (TPSA) is 114 Å². The molecular weight excluding hydrogens is 823 g/mol. The fourth-order valence-electron chi connectivity index (χ4n) is 10.2. The zero-order valence-corrected chi connectivity index (χ0v) is 39.0. The molecule has 1 aromatic heterocycles. The Balaban J connectivity index is 1.15. The first kappa shape index (κ1) is 46.7. The molecule has 1 aliphatic heterocycles. The largest absolute Gasteiger partial charge is 0.469 e. The van der Waals surface area contributed by atoms with Crippen molar-refractivity contribution in [3.63, 3.8) is 0 Å². The van der Waals surface area contributed by atoms with Crippen molar-refractivity contribution < 1.29 is 42.2 Å². The molecule has 0 spiro atoms. The number of aryl methyl sites for hydroxylation is 1. The summed E-state index contributed by atoms with van der Waals surface area (Å²) in [6, 6.07) is 41.7. The number of hydrogen-bond donors (Lipinski definition) is 0. The summed E-state index contributed by atoms with van der Waals surface area (Å²) in [5, 5.41) is 2.25. The summed E-state index contributed by atoms with van der Waals surface area (Å²) in [6.07, 6.45) is 2.88. The molecule has 1 amide bonds. The molecule has 0 saturated carbocycles. The summed E-state index contributed by atoms with van der Waals surface area (Å²) >= 11 is 0. The van der Waals surface area contributed by atoms with Gasteiger partial charge in [-0.05, 0) is 58.3 Å². The Hall–Kier alpha value is -5.33. The molecule has 2 heterocycles. The van der Waals surface area contributed by atoms with E-state index in [9.17, 15) is 14.4 Å². The van der Waals surface area contributed by atoms with Crippen molar-refractivity contribution in [1.82, 2.24) is 4.90 Å². The number of carbonyl (C=O) groups is 3. The Labute approximate surface area is 379 Å². The van der Waals surface area contributed by atoms with E-state index in [2.05, 4.69) is 69.3 Å². The third-order valence-corrected chi connectivity index (χ3v) is 18.1. The predicted octanol–water partition coefficient (Wildman–Crippen LogP) is 8.85. The second kappa shape index (κ2) is 21.1. The lowest BCUT2D eigenvalue weighted by Crippen LogP contribution is -2.66. The minimum Gasteiger partial charge on any atom is -0.469 e. The molecule has 4 aromatic carbocycles. The van der Waals surface area contributed by atoms with Crippen LogP contribution in [-0.2, 0) is 57.4 Å². The van der Waals surface area contributed by atoms with Crippen molar-refractivity contribution in [2.24, 2.45) is 5.41 Å². The molecule has 7 rings (SSSR count). The van der Waals surface area contributed by atoms with Gasteiger partial charge in [-0.3, -0.25) is 14.4 Å². The van der Waals surface area contributed by atoms with Crippen LogP contribution in [0.5, 0.6) is 0 Å². The van der Waals surface area contributed by atoms with Crippen molar-refractivity contribution in [2.75, 3.05) is 34.0 Å². The molecule has 10 nitrogen and oxygen atoms in total. The SMILES string of the molecule is COC(=O)C[C@@H]1c2cc(CCCO[Si](c3ccccc3)(c3ccccc3)C(C)(C)C)oc2[C@H]2N(C(=O)CCCCOCc3ccccc3)[C@H](COCc3ccccc3)C[C@@]12C(=O)OC. The van der Waals surface area contributed by atoms with Gasteiger partial charge in [-0.1, -0.05) is 142 Å². The number of amides is 1. The first-order valence-electron chi connectivity index (χ1n) is 22.6. The maximum absolute atomic E-state index is 14.7. The zero-order valence-electron chi connectivity index (χ0n) is 38.0. The van der Waals surface area contributed by atoms with Crippen LogP contribution in [-0.4, -0.2) is 71.1 Å². The molecule has 2 aliphatic rings. The third-order valence-electron chi connectivity index (χ3n) is 13.0.